The van der Waals surface area contributed by atoms with Gasteiger partial charge in [0.2, 0.25) is 0 Å². The smallest absolute Gasteiger partial charge is 0.0261 e. The Morgan fingerprint density at radius 3 is 2.40 bits per heavy atom. The minimum atomic E-state index is 0.693. The van der Waals surface area contributed by atoms with Gasteiger partial charge in [-0.15, -0.1) is 0 Å². The molecule has 0 amide bonds. The average molecular weight is 208 g/mol. The molecule has 0 saturated heterocycles. The molecule has 0 nitrogen and oxygen atoms in total. The Hall–Kier alpha value is 0. The van der Waals surface area contributed by atoms with Crippen LogP contribution in [0.5, 0.6) is 0 Å². The second-order valence-corrected chi connectivity index (χ2v) is 6.57. The van der Waals surface area contributed by atoms with Crippen LogP contribution in [0.2, 0.25) is 0 Å². The minimum Gasteiger partial charge on any atom is -0.0651 e. The summed E-state index contributed by atoms with van der Waals surface area (Å²) in [4.78, 5) is 0. The molecule has 0 spiro atoms. The van der Waals surface area contributed by atoms with Gasteiger partial charge in [0.25, 0.3) is 0 Å². The van der Waals surface area contributed by atoms with E-state index in [0.29, 0.717) is 5.41 Å². The number of fused-ring (bicyclic) bond motifs is 1. The van der Waals surface area contributed by atoms with Crippen LogP contribution in [-0.4, -0.2) is 0 Å². The molecular weight excluding hydrogens is 180 g/mol. The van der Waals surface area contributed by atoms with E-state index in [1.54, 1.807) is 6.42 Å². The molecule has 2 rings (SSSR count). The summed E-state index contributed by atoms with van der Waals surface area (Å²) in [6, 6.07) is 0. The Morgan fingerprint density at radius 2 is 1.93 bits per heavy atom. The van der Waals surface area contributed by atoms with Crippen molar-refractivity contribution >= 4 is 0 Å². The monoisotopic (exact) mass is 208 g/mol. The molecule has 6 unspecified atom stereocenters. The summed E-state index contributed by atoms with van der Waals surface area (Å²) in [6.07, 6.45) is 5.85. The van der Waals surface area contributed by atoms with Gasteiger partial charge in [0.15, 0.2) is 0 Å². The van der Waals surface area contributed by atoms with Gasteiger partial charge < -0.3 is 0 Å². The fourth-order valence-corrected chi connectivity index (χ4v) is 4.61. The van der Waals surface area contributed by atoms with E-state index < -0.39 is 0 Å². The van der Waals surface area contributed by atoms with Crippen LogP contribution >= 0.6 is 0 Å². The summed E-state index contributed by atoms with van der Waals surface area (Å²) in [7, 11) is 0. The Balaban J connectivity index is 2.02. The first kappa shape index (κ1) is 11.5. The van der Waals surface area contributed by atoms with Crippen molar-refractivity contribution in [2.24, 2.45) is 35.0 Å². The summed E-state index contributed by atoms with van der Waals surface area (Å²) in [5, 5.41) is 0. The number of hydrogen-bond acceptors (Lipinski definition) is 0. The first-order valence-corrected chi connectivity index (χ1v) is 7.04. The van der Waals surface area contributed by atoms with Crippen LogP contribution < -0.4 is 0 Å². The Labute approximate surface area is 95.8 Å². The van der Waals surface area contributed by atoms with Crippen molar-refractivity contribution in [2.75, 3.05) is 0 Å². The van der Waals surface area contributed by atoms with Gasteiger partial charge in [-0.05, 0) is 47.8 Å². The summed E-state index contributed by atoms with van der Waals surface area (Å²) in [6.45, 7) is 12.3. The quantitative estimate of drug-likeness (QED) is 0.626. The highest BCUT2D eigenvalue weighted by atomic mass is 14.7. The van der Waals surface area contributed by atoms with E-state index in [4.69, 9.17) is 0 Å². The zero-order valence-corrected chi connectivity index (χ0v) is 11.2. The molecule has 2 aliphatic rings. The highest BCUT2D eigenvalue weighted by Gasteiger charge is 2.61. The molecule has 0 N–H and O–H groups in total. The SMILES string of the molecule is CCC(C)C(C)C1(C)CC2CC(CC)C21. The van der Waals surface area contributed by atoms with Crippen LogP contribution in [0.15, 0.2) is 0 Å². The maximum Gasteiger partial charge on any atom is -0.0261 e. The normalized spacial score (nSPS) is 47.4. The lowest BCUT2D eigenvalue weighted by Gasteiger charge is -2.68. The Kier molecular flexibility index (Phi) is 2.90. The third-order valence-corrected chi connectivity index (χ3v) is 6.15. The van der Waals surface area contributed by atoms with Gasteiger partial charge >= 0.3 is 0 Å². The molecule has 0 aromatic carbocycles. The lowest BCUT2D eigenvalue weighted by atomic mass is 9.37. The molecule has 0 aromatic rings. The Bertz CT molecular complexity index is 222. The third-order valence-electron chi connectivity index (χ3n) is 6.15. The first-order valence-electron chi connectivity index (χ1n) is 7.04. The van der Waals surface area contributed by atoms with Gasteiger partial charge in [0.05, 0.1) is 0 Å². The zero-order chi connectivity index (χ0) is 11.2. The molecule has 6 atom stereocenters. The van der Waals surface area contributed by atoms with Crippen LogP contribution in [0.25, 0.3) is 0 Å². The fourth-order valence-electron chi connectivity index (χ4n) is 4.61. The van der Waals surface area contributed by atoms with E-state index in [-0.39, 0.29) is 0 Å². The summed E-state index contributed by atoms with van der Waals surface area (Å²) < 4.78 is 0. The molecule has 2 saturated carbocycles. The first-order chi connectivity index (χ1) is 7.04. The van der Waals surface area contributed by atoms with E-state index in [0.717, 1.165) is 29.6 Å². The molecule has 0 aliphatic heterocycles. The van der Waals surface area contributed by atoms with Crippen LogP contribution in [-0.2, 0) is 0 Å². The minimum absolute atomic E-state index is 0.693. The van der Waals surface area contributed by atoms with Crippen molar-refractivity contribution in [3.63, 3.8) is 0 Å². The molecule has 0 bridgehead atoms. The van der Waals surface area contributed by atoms with Crippen LogP contribution in [0.1, 0.15) is 60.3 Å². The molecular formula is C15H28. The lowest BCUT2D eigenvalue weighted by molar-refractivity contribution is -0.190. The molecule has 0 aromatic heterocycles. The van der Waals surface area contributed by atoms with Gasteiger partial charge in [-0.2, -0.15) is 0 Å². The van der Waals surface area contributed by atoms with E-state index in [2.05, 4.69) is 34.6 Å². The highest BCUT2D eigenvalue weighted by molar-refractivity contribution is 5.10. The largest absolute Gasteiger partial charge is 0.0651 e. The van der Waals surface area contributed by atoms with Gasteiger partial charge in [0, 0.05) is 0 Å². The lowest BCUT2D eigenvalue weighted by Crippen LogP contribution is -2.61. The van der Waals surface area contributed by atoms with Crippen LogP contribution in [0, 0.1) is 35.0 Å². The molecule has 88 valence electrons. The van der Waals surface area contributed by atoms with E-state index in [1.807, 2.05) is 0 Å². The van der Waals surface area contributed by atoms with Gasteiger partial charge in [0.1, 0.15) is 0 Å². The molecule has 15 heavy (non-hydrogen) atoms. The van der Waals surface area contributed by atoms with Gasteiger partial charge in [-0.1, -0.05) is 47.5 Å². The summed E-state index contributed by atoms with van der Waals surface area (Å²) >= 11 is 0. The predicted octanol–water partition coefficient (Wildman–Crippen LogP) is 4.74. The standard InChI is InChI=1S/C15H28/c1-6-10(3)11(4)15(5)9-13-8-12(7-2)14(13)15/h10-14H,6-9H2,1-5H3. The van der Waals surface area contributed by atoms with Crippen molar-refractivity contribution in [1.29, 1.82) is 0 Å². The summed E-state index contributed by atoms with van der Waals surface area (Å²) in [5.74, 6) is 5.12. The van der Waals surface area contributed by atoms with Crippen LogP contribution in [0.3, 0.4) is 0 Å². The second kappa shape index (κ2) is 3.79. The van der Waals surface area contributed by atoms with E-state index in [1.165, 1.54) is 19.3 Å². The molecule has 2 fully saturated rings. The fraction of sp³-hybridized carbons (Fsp3) is 1.00. The van der Waals surface area contributed by atoms with Crippen LogP contribution in [0.4, 0.5) is 0 Å². The molecule has 0 heteroatoms. The van der Waals surface area contributed by atoms with Crippen molar-refractivity contribution < 1.29 is 0 Å². The molecule has 0 radical (unpaired) electrons. The van der Waals surface area contributed by atoms with Crippen molar-refractivity contribution in [1.82, 2.24) is 0 Å². The maximum atomic E-state index is 2.58. The highest BCUT2D eigenvalue weighted by Crippen LogP contribution is 2.69. The second-order valence-electron chi connectivity index (χ2n) is 6.57. The van der Waals surface area contributed by atoms with Gasteiger partial charge in [-0.3, -0.25) is 0 Å². The van der Waals surface area contributed by atoms with Crippen molar-refractivity contribution in [3.8, 4) is 0 Å². The third kappa shape index (κ3) is 1.47. The zero-order valence-electron chi connectivity index (χ0n) is 11.2. The molecule has 2 aliphatic carbocycles. The van der Waals surface area contributed by atoms with Crippen molar-refractivity contribution in [3.05, 3.63) is 0 Å². The Morgan fingerprint density at radius 1 is 1.27 bits per heavy atom. The molecule has 0 heterocycles. The topological polar surface area (TPSA) is 0 Å². The number of hydrogen-bond donors (Lipinski definition) is 0. The summed E-state index contributed by atoms with van der Waals surface area (Å²) in [5.41, 5.74) is 0.693. The van der Waals surface area contributed by atoms with E-state index >= 15 is 0 Å². The van der Waals surface area contributed by atoms with E-state index in [9.17, 15) is 0 Å². The number of rotatable bonds is 4. The van der Waals surface area contributed by atoms with Gasteiger partial charge in [-0.25, -0.2) is 0 Å². The average Bonchev–Trinajstić information content (AvgIpc) is 2.21. The predicted molar refractivity (Wildman–Crippen MR) is 66.7 cm³/mol. The van der Waals surface area contributed by atoms with Crippen molar-refractivity contribution in [2.45, 2.75) is 60.3 Å². The maximum absolute atomic E-state index is 2.58.